The van der Waals surface area contributed by atoms with Gasteiger partial charge >= 0.3 is 0 Å². The third kappa shape index (κ3) is 3.18. The van der Waals surface area contributed by atoms with Gasteiger partial charge in [0, 0.05) is 25.1 Å². The molecule has 1 heterocycles. The molecule has 0 radical (unpaired) electrons. The molecule has 3 rings (SSSR count). The first-order valence-corrected chi connectivity index (χ1v) is 7.66. The molecule has 0 amide bonds. The lowest BCUT2D eigenvalue weighted by Crippen LogP contribution is -2.33. The first-order chi connectivity index (χ1) is 9.24. The second-order valence-corrected chi connectivity index (χ2v) is 6.24. The summed E-state index contributed by atoms with van der Waals surface area (Å²) in [5, 5.41) is 3.68. The minimum absolute atomic E-state index is 0.292. The van der Waals surface area contributed by atoms with Crippen molar-refractivity contribution in [1.29, 1.82) is 0 Å². The molecule has 1 N–H and O–H groups in total. The highest BCUT2D eigenvalue weighted by atomic mass is 16.5. The van der Waals surface area contributed by atoms with Crippen LogP contribution in [0.15, 0.2) is 18.2 Å². The van der Waals surface area contributed by atoms with Crippen LogP contribution in [0.1, 0.15) is 48.5 Å². The summed E-state index contributed by atoms with van der Waals surface area (Å²) in [4.78, 5) is 0. The van der Waals surface area contributed by atoms with Gasteiger partial charge in [-0.25, -0.2) is 0 Å². The molecule has 2 aliphatic rings. The zero-order valence-electron chi connectivity index (χ0n) is 12.1. The molecule has 19 heavy (non-hydrogen) atoms. The molecular formula is C17H25NO. The molecule has 2 heteroatoms. The van der Waals surface area contributed by atoms with E-state index in [1.165, 1.54) is 42.4 Å². The number of hydrogen-bond donors (Lipinski definition) is 1. The van der Waals surface area contributed by atoms with Gasteiger partial charge in [0.05, 0.1) is 6.10 Å². The molecule has 1 aromatic carbocycles. The summed E-state index contributed by atoms with van der Waals surface area (Å²) in [5.74, 6) is 0.635. The monoisotopic (exact) mass is 259 g/mol. The van der Waals surface area contributed by atoms with E-state index in [1.54, 1.807) is 0 Å². The van der Waals surface area contributed by atoms with E-state index in [4.69, 9.17) is 4.74 Å². The maximum Gasteiger partial charge on any atom is 0.0867 e. The van der Waals surface area contributed by atoms with Crippen molar-refractivity contribution < 1.29 is 4.74 Å². The van der Waals surface area contributed by atoms with Gasteiger partial charge < -0.3 is 10.1 Å². The van der Waals surface area contributed by atoms with E-state index >= 15 is 0 Å². The van der Waals surface area contributed by atoms with Crippen LogP contribution in [0.25, 0.3) is 0 Å². The highest BCUT2D eigenvalue weighted by Gasteiger charge is 2.30. The Kier molecular flexibility index (Phi) is 3.90. The molecule has 1 aliphatic carbocycles. The van der Waals surface area contributed by atoms with E-state index in [1.807, 2.05) is 0 Å². The smallest absolute Gasteiger partial charge is 0.0867 e. The highest BCUT2D eigenvalue weighted by Crippen LogP contribution is 2.35. The maximum atomic E-state index is 6.11. The van der Waals surface area contributed by atoms with Crippen molar-refractivity contribution in [1.82, 2.24) is 5.32 Å². The first kappa shape index (κ1) is 13.1. The lowest BCUT2D eigenvalue weighted by atomic mass is 9.87. The Morgan fingerprint density at radius 2 is 2.05 bits per heavy atom. The van der Waals surface area contributed by atoms with Gasteiger partial charge in [-0.2, -0.15) is 0 Å². The Balaban J connectivity index is 1.74. The van der Waals surface area contributed by atoms with Crippen LogP contribution >= 0.6 is 0 Å². The SMILES string of the molecule is Cc1ccc(C2OCCCC2CNC2CC2)c(C)c1. The van der Waals surface area contributed by atoms with E-state index in [0.29, 0.717) is 12.0 Å². The summed E-state index contributed by atoms with van der Waals surface area (Å²) in [6.45, 7) is 6.40. The van der Waals surface area contributed by atoms with Crippen LogP contribution in [-0.2, 0) is 4.74 Å². The average Bonchev–Trinajstić information content (AvgIpc) is 3.21. The van der Waals surface area contributed by atoms with E-state index in [-0.39, 0.29) is 0 Å². The van der Waals surface area contributed by atoms with Crippen LogP contribution in [0, 0.1) is 19.8 Å². The van der Waals surface area contributed by atoms with Crippen molar-refractivity contribution in [2.75, 3.05) is 13.2 Å². The molecule has 0 bridgehead atoms. The van der Waals surface area contributed by atoms with Gasteiger partial charge in [0.15, 0.2) is 0 Å². The summed E-state index contributed by atoms with van der Waals surface area (Å²) in [6, 6.07) is 7.55. The van der Waals surface area contributed by atoms with Gasteiger partial charge in [-0.15, -0.1) is 0 Å². The lowest BCUT2D eigenvalue weighted by Gasteiger charge is -2.33. The summed E-state index contributed by atoms with van der Waals surface area (Å²) in [7, 11) is 0. The van der Waals surface area contributed by atoms with Crippen LogP contribution in [0.3, 0.4) is 0 Å². The van der Waals surface area contributed by atoms with Crippen LogP contribution in [-0.4, -0.2) is 19.2 Å². The quantitative estimate of drug-likeness (QED) is 0.893. The average molecular weight is 259 g/mol. The van der Waals surface area contributed by atoms with Gasteiger partial charge in [0.1, 0.15) is 0 Å². The van der Waals surface area contributed by atoms with E-state index in [2.05, 4.69) is 37.4 Å². The third-order valence-electron chi connectivity index (χ3n) is 4.42. The topological polar surface area (TPSA) is 21.3 Å². The maximum absolute atomic E-state index is 6.11. The van der Waals surface area contributed by atoms with E-state index in [9.17, 15) is 0 Å². The first-order valence-electron chi connectivity index (χ1n) is 7.66. The zero-order chi connectivity index (χ0) is 13.2. The molecule has 1 aliphatic heterocycles. The fourth-order valence-corrected chi connectivity index (χ4v) is 3.15. The molecule has 2 atom stereocenters. The Hall–Kier alpha value is -0.860. The van der Waals surface area contributed by atoms with Crippen molar-refractivity contribution in [3.8, 4) is 0 Å². The molecule has 1 saturated carbocycles. The minimum Gasteiger partial charge on any atom is -0.373 e. The molecule has 1 aromatic rings. The molecule has 2 unspecified atom stereocenters. The predicted molar refractivity (Wildman–Crippen MR) is 78.4 cm³/mol. The number of rotatable bonds is 4. The van der Waals surface area contributed by atoms with Crippen molar-refractivity contribution >= 4 is 0 Å². The van der Waals surface area contributed by atoms with Gasteiger partial charge in [-0.05, 0) is 50.7 Å². The van der Waals surface area contributed by atoms with Gasteiger partial charge in [0.2, 0.25) is 0 Å². The van der Waals surface area contributed by atoms with Gasteiger partial charge in [-0.3, -0.25) is 0 Å². The number of hydrogen-bond acceptors (Lipinski definition) is 2. The summed E-state index contributed by atoms with van der Waals surface area (Å²) in [6.07, 6.45) is 5.51. The number of aryl methyl sites for hydroxylation is 2. The van der Waals surface area contributed by atoms with Crippen LogP contribution in [0.4, 0.5) is 0 Å². The number of ether oxygens (including phenoxy) is 1. The summed E-state index contributed by atoms with van der Waals surface area (Å²) >= 11 is 0. The molecule has 2 fully saturated rings. The standard InChI is InChI=1S/C17H25NO/c1-12-5-8-16(13(2)10-12)17-14(4-3-9-19-17)11-18-15-6-7-15/h5,8,10,14-15,17-18H,3-4,6-7,9,11H2,1-2H3. The van der Waals surface area contributed by atoms with Crippen molar-refractivity contribution in [2.24, 2.45) is 5.92 Å². The molecule has 2 nitrogen and oxygen atoms in total. The molecule has 0 aromatic heterocycles. The molecule has 0 spiro atoms. The number of nitrogens with one attached hydrogen (secondary N) is 1. The Bertz CT molecular complexity index is 439. The second kappa shape index (κ2) is 5.64. The van der Waals surface area contributed by atoms with Crippen LogP contribution in [0.2, 0.25) is 0 Å². The molecular weight excluding hydrogens is 234 g/mol. The van der Waals surface area contributed by atoms with Gasteiger partial charge in [-0.1, -0.05) is 23.8 Å². The summed E-state index contributed by atoms with van der Waals surface area (Å²) < 4.78 is 6.11. The fraction of sp³-hybridized carbons (Fsp3) is 0.647. The second-order valence-electron chi connectivity index (χ2n) is 6.24. The van der Waals surface area contributed by atoms with Crippen molar-refractivity contribution in [3.63, 3.8) is 0 Å². The van der Waals surface area contributed by atoms with Gasteiger partial charge in [0.25, 0.3) is 0 Å². The Labute approximate surface area is 116 Å². The largest absolute Gasteiger partial charge is 0.373 e. The fourth-order valence-electron chi connectivity index (χ4n) is 3.15. The normalized spacial score (nSPS) is 27.5. The molecule has 1 saturated heterocycles. The summed E-state index contributed by atoms with van der Waals surface area (Å²) in [5.41, 5.74) is 4.11. The minimum atomic E-state index is 0.292. The number of benzene rings is 1. The molecule has 104 valence electrons. The highest BCUT2D eigenvalue weighted by molar-refractivity contribution is 5.32. The predicted octanol–water partition coefficient (Wildman–Crippen LogP) is 3.52. The third-order valence-corrected chi connectivity index (χ3v) is 4.42. The zero-order valence-corrected chi connectivity index (χ0v) is 12.1. The lowest BCUT2D eigenvalue weighted by molar-refractivity contribution is -0.0282. The van der Waals surface area contributed by atoms with E-state index in [0.717, 1.165) is 19.2 Å². The Morgan fingerprint density at radius 1 is 1.21 bits per heavy atom. The van der Waals surface area contributed by atoms with Crippen molar-refractivity contribution in [2.45, 2.75) is 51.7 Å². The van der Waals surface area contributed by atoms with Crippen LogP contribution < -0.4 is 5.32 Å². The Morgan fingerprint density at radius 3 is 2.79 bits per heavy atom. The van der Waals surface area contributed by atoms with Crippen molar-refractivity contribution in [3.05, 3.63) is 34.9 Å². The van der Waals surface area contributed by atoms with E-state index < -0.39 is 0 Å². The van der Waals surface area contributed by atoms with Crippen LogP contribution in [0.5, 0.6) is 0 Å².